The highest BCUT2D eigenvalue weighted by Gasteiger charge is 2.35. The molecule has 0 aromatic heterocycles. The van der Waals surface area contributed by atoms with E-state index in [1.54, 1.807) is 0 Å². The molecule has 1 aliphatic heterocycles. The molecule has 2 atom stereocenters. The van der Waals surface area contributed by atoms with E-state index in [9.17, 15) is 0 Å². The fourth-order valence-electron chi connectivity index (χ4n) is 2.94. The predicted molar refractivity (Wildman–Crippen MR) is 98.3 cm³/mol. The number of hydrogen-bond acceptors (Lipinski definition) is 1. The number of hydrogen-bond donors (Lipinski definition) is 0. The predicted octanol–water partition coefficient (Wildman–Crippen LogP) is 6.98. The number of unbranched alkanes of at least 4 members (excludes halogenated alkanes) is 9. The Morgan fingerprint density at radius 2 is 1.32 bits per heavy atom. The van der Waals surface area contributed by atoms with Crippen molar-refractivity contribution >= 4 is 0 Å². The summed E-state index contributed by atoms with van der Waals surface area (Å²) in [4.78, 5) is 0. The van der Waals surface area contributed by atoms with Gasteiger partial charge in [-0.3, -0.25) is 0 Å². The molecule has 128 valence electrons. The van der Waals surface area contributed by atoms with Crippen molar-refractivity contribution in [2.45, 2.75) is 110 Å². The maximum absolute atomic E-state index is 5.52. The molecular weight excluding hydrogens is 268 g/mol. The molecular formula is C21H38O. The van der Waals surface area contributed by atoms with Gasteiger partial charge in [0.15, 0.2) is 0 Å². The molecule has 1 fully saturated rings. The molecule has 0 aromatic rings. The highest BCUT2D eigenvalue weighted by atomic mass is 16.6. The van der Waals surface area contributed by atoms with Crippen molar-refractivity contribution in [1.82, 2.24) is 0 Å². The Morgan fingerprint density at radius 3 is 1.95 bits per heavy atom. The first-order valence-electron chi connectivity index (χ1n) is 9.84. The van der Waals surface area contributed by atoms with Crippen LogP contribution in [0.2, 0.25) is 0 Å². The Labute approximate surface area is 139 Å². The molecule has 0 aliphatic carbocycles. The van der Waals surface area contributed by atoms with Crippen molar-refractivity contribution in [3.63, 3.8) is 0 Å². The van der Waals surface area contributed by atoms with E-state index in [4.69, 9.17) is 4.74 Å². The topological polar surface area (TPSA) is 12.5 Å². The van der Waals surface area contributed by atoms with Crippen LogP contribution in [0.25, 0.3) is 0 Å². The van der Waals surface area contributed by atoms with E-state index in [-0.39, 0.29) is 0 Å². The third kappa shape index (κ3) is 11.1. The third-order valence-corrected chi connectivity index (χ3v) is 4.54. The highest BCUT2D eigenvalue weighted by molar-refractivity contribution is 4.97. The molecule has 0 bridgehead atoms. The van der Waals surface area contributed by atoms with E-state index in [0.717, 1.165) is 19.3 Å². The molecule has 1 aliphatic rings. The lowest BCUT2D eigenvalue weighted by Crippen LogP contribution is -1.88. The highest BCUT2D eigenvalue weighted by Crippen LogP contribution is 2.28. The zero-order valence-electron chi connectivity index (χ0n) is 15.1. The summed E-state index contributed by atoms with van der Waals surface area (Å²) in [6, 6.07) is 0. The zero-order chi connectivity index (χ0) is 15.9. The lowest BCUT2D eigenvalue weighted by Gasteiger charge is -2.00. The molecule has 0 N–H and O–H groups in total. The summed E-state index contributed by atoms with van der Waals surface area (Å²) in [5.41, 5.74) is 0. The number of epoxide rings is 1. The van der Waals surface area contributed by atoms with Crippen LogP contribution in [0.4, 0.5) is 0 Å². The zero-order valence-corrected chi connectivity index (χ0v) is 15.1. The van der Waals surface area contributed by atoms with E-state index in [0.29, 0.717) is 12.2 Å². The van der Waals surface area contributed by atoms with Gasteiger partial charge in [-0.25, -0.2) is 0 Å². The quantitative estimate of drug-likeness (QED) is 0.181. The number of rotatable bonds is 15. The number of ether oxygens (including phenoxy) is 1. The van der Waals surface area contributed by atoms with Gasteiger partial charge in [0.2, 0.25) is 0 Å². The smallest absolute Gasteiger partial charge is 0.0876 e. The normalized spacial score (nSPS) is 21.2. The van der Waals surface area contributed by atoms with Crippen molar-refractivity contribution < 1.29 is 4.74 Å². The third-order valence-electron chi connectivity index (χ3n) is 4.54. The summed E-state index contributed by atoms with van der Waals surface area (Å²) < 4.78 is 5.52. The van der Waals surface area contributed by atoms with Crippen molar-refractivity contribution in [2.24, 2.45) is 0 Å². The van der Waals surface area contributed by atoms with Crippen LogP contribution in [0.3, 0.4) is 0 Å². The summed E-state index contributed by atoms with van der Waals surface area (Å²) in [6.07, 6.45) is 27.7. The minimum atomic E-state index is 0.521. The largest absolute Gasteiger partial charge is 0.369 e. The van der Waals surface area contributed by atoms with Crippen molar-refractivity contribution in [3.05, 3.63) is 24.3 Å². The molecule has 1 nitrogen and oxygen atoms in total. The van der Waals surface area contributed by atoms with E-state index < -0.39 is 0 Å². The molecule has 22 heavy (non-hydrogen) atoms. The summed E-state index contributed by atoms with van der Waals surface area (Å²) >= 11 is 0. The van der Waals surface area contributed by atoms with Crippen LogP contribution >= 0.6 is 0 Å². The van der Waals surface area contributed by atoms with Crippen LogP contribution in [-0.2, 0) is 4.74 Å². The second-order valence-corrected chi connectivity index (χ2v) is 6.65. The van der Waals surface area contributed by atoms with Crippen LogP contribution in [0.1, 0.15) is 97.3 Å². The summed E-state index contributed by atoms with van der Waals surface area (Å²) in [6.45, 7) is 4.48. The first-order valence-corrected chi connectivity index (χ1v) is 9.84. The van der Waals surface area contributed by atoms with Gasteiger partial charge in [0, 0.05) is 0 Å². The molecule has 1 saturated heterocycles. The summed E-state index contributed by atoms with van der Waals surface area (Å²) in [7, 11) is 0. The molecule has 0 amide bonds. The van der Waals surface area contributed by atoms with Crippen LogP contribution in [-0.4, -0.2) is 12.2 Å². The van der Waals surface area contributed by atoms with Gasteiger partial charge in [0.1, 0.15) is 0 Å². The molecule has 2 unspecified atom stereocenters. The van der Waals surface area contributed by atoms with Gasteiger partial charge in [0.25, 0.3) is 0 Å². The Kier molecular flexibility index (Phi) is 12.5. The molecule has 0 aromatic carbocycles. The first-order chi connectivity index (χ1) is 10.9. The van der Waals surface area contributed by atoms with Crippen molar-refractivity contribution in [1.29, 1.82) is 0 Å². The molecule has 0 radical (unpaired) electrons. The minimum absolute atomic E-state index is 0.521. The molecule has 1 heterocycles. The van der Waals surface area contributed by atoms with Crippen LogP contribution < -0.4 is 0 Å². The van der Waals surface area contributed by atoms with Gasteiger partial charge in [-0.05, 0) is 32.1 Å². The SMILES string of the molecule is CCCCCCCCCCC/C=C\C/C=C\CC1OC1CC. The van der Waals surface area contributed by atoms with Crippen LogP contribution in [0.15, 0.2) is 24.3 Å². The average Bonchev–Trinajstić information content (AvgIpc) is 3.30. The average molecular weight is 307 g/mol. The minimum Gasteiger partial charge on any atom is -0.369 e. The second-order valence-electron chi connectivity index (χ2n) is 6.65. The van der Waals surface area contributed by atoms with Gasteiger partial charge in [-0.15, -0.1) is 0 Å². The van der Waals surface area contributed by atoms with E-state index in [1.165, 1.54) is 64.2 Å². The van der Waals surface area contributed by atoms with Crippen molar-refractivity contribution in [2.75, 3.05) is 0 Å². The molecule has 1 heteroatoms. The fraction of sp³-hybridized carbons (Fsp3) is 0.810. The molecule has 0 spiro atoms. The van der Waals surface area contributed by atoms with Crippen LogP contribution in [0, 0.1) is 0 Å². The van der Waals surface area contributed by atoms with Gasteiger partial charge < -0.3 is 4.74 Å². The lowest BCUT2D eigenvalue weighted by atomic mass is 10.1. The van der Waals surface area contributed by atoms with Gasteiger partial charge in [0.05, 0.1) is 12.2 Å². The number of allylic oxidation sites excluding steroid dienone is 3. The Morgan fingerprint density at radius 1 is 0.682 bits per heavy atom. The van der Waals surface area contributed by atoms with Gasteiger partial charge >= 0.3 is 0 Å². The molecule has 1 rings (SSSR count). The Hall–Kier alpha value is -0.560. The van der Waals surface area contributed by atoms with E-state index in [2.05, 4.69) is 38.2 Å². The van der Waals surface area contributed by atoms with E-state index in [1.807, 2.05) is 0 Å². The van der Waals surface area contributed by atoms with Crippen LogP contribution in [0.5, 0.6) is 0 Å². The van der Waals surface area contributed by atoms with Gasteiger partial charge in [-0.2, -0.15) is 0 Å². The monoisotopic (exact) mass is 306 g/mol. The maximum atomic E-state index is 5.52. The summed E-state index contributed by atoms with van der Waals surface area (Å²) in [5.74, 6) is 0. The molecule has 0 saturated carbocycles. The lowest BCUT2D eigenvalue weighted by molar-refractivity contribution is 0.367. The van der Waals surface area contributed by atoms with E-state index >= 15 is 0 Å². The Balaban J connectivity index is 1.76. The fourth-order valence-corrected chi connectivity index (χ4v) is 2.94. The maximum Gasteiger partial charge on any atom is 0.0876 e. The Bertz CT molecular complexity index is 292. The second kappa shape index (κ2) is 14.1. The summed E-state index contributed by atoms with van der Waals surface area (Å²) in [5, 5.41) is 0. The standard InChI is InChI=1S/C21H38O/c1-3-5-6-7-8-9-10-11-12-13-14-15-16-17-18-19-21-20(4-2)22-21/h14-15,17-18,20-21H,3-13,16,19H2,1-2H3/b15-14-,18-17-. The first kappa shape index (κ1) is 19.5. The van der Waals surface area contributed by atoms with Crippen molar-refractivity contribution in [3.8, 4) is 0 Å². The van der Waals surface area contributed by atoms with Gasteiger partial charge in [-0.1, -0.05) is 89.5 Å².